The van der Waals surface area contributed by atoms with Crippen molar-refractivity contribution in [1.82, 2.24) is 14.8 Å². The topological polar surface area (TPSA) is 74.7 Å². The third-order valence-corrected chi connectivity index (χ3v) is 3.17. The fourth-order valence-electron chi connectivity index (χ4n) is 1.95. The lowest BCUT2D eigenvalue weighted by Crippen LogP contribution is -2.38. The molecule has 1 aromatic carbocycles. The van der Waals surface area contributed by atoms with Crippen LogP contribution in [0.15, 0.2) is 30.9 Å². The van der Waals surface area contributed by atoms with Gasteiger partial charge in [-0.15, -0.1) is 0 Å². The molecule has 0 saturated heterocycles. The zero-order valence-electron chi connectivity index (χ0n) is 10.7. The number of rotatable bonds is 4. The fraction of sp³-hybridized carbons (Fsp3) is 0.308. The smallest absolute Gasteiger partial charge is 0.137 e. The van der Waals surface area contributed by atoms with E-state index in [1.54, 1.807) is 0 Å². The molecule has 1 heterocycles. The van der Waals surface area contributed by atoms with Gasteiger partial charge >= 0.3 is 0 Å². The first-order chi connectivity index (χ1) is 9.47. The molecule has 2 aromatic rings. The monoisotopic (exact) mass is 278 g/mol. The van der Waals surface area contributed by atoms with Gasteiger partial charge in [0.25, 0.3) is 0 Å². The molecule has 2 rings (SSSR count). The molecule has 0 amide bonds. The van der Waals surface area contributed by atoms with E-state index in [0.29, 0.717) is 0 Å². The minimum Gasteiger partial charge on any atom is -0.382 e. The number of hydrogen-bond donors (Lipinski definition) is 1. The molecule has 1 unspecified atom stereocenters. The molecule has 2 atom stereocenters. The predicted molar refractivity (Wildman–Crippen MR) is 65.1 cm³/mol. The quantitative estimate of drug-likeness (QED) is 0.921. The Morgan fingerprint density at radius 3 is 2.85 bits per heavy atom. The minimum absolute atomic E-state index is 0.206. The van der Waals surface area contributed by atoms with Crippen LogP contribution >= 0.6 is 0 Å². The van der Waals surface area contributed by atoms with Crippen LogP contribution in [0.4, 0.5) is 8.78 Å². The van der Waals surface area contributed by atoms with E-state index in [9.17, 15) is 13.9 Å². The lowest BCUT2D eigenvalue weighted by molar-refractivity contribution is -0.0199. The second-order valence-electron chi connectivity index (χ2n) is 4.49. The molecule has 0 spiro atoms. The summed E-state index contributed by atoms with van der Waals surface area (Å²) in [7, 11) is 0. The standard InChI is InChI=1S/C13H12F2N4O/c1-9(5-16)13(20,6-19-8-17-7-18-19)11-4-10(14)2-3-12(11)15/h2-4,7-9,20H,6H2,1H3/t9?,13-/m1/s1. The van der Waals surface area contributed by atoms with Crippen LogP contribution in [0, 0.1) is 28.9 Å². The Morgan fingerprint density at radius 1 is 1.50 bits per heavy atom. The van der Waals surface area contributed by atoms with Crippen molar-refractivity contribution in [2.45, 2.75) is 19.1 Å². The highest BCUT2D eigenvalue weighted by Gasteiger charge is 2.39. The summed E-state index contributed by atoms with van der Waals surface area (Å²) in [6.45, 7) is 1.23. The Bertz CT molecular complexity index is 638. The first kappa shape index (κ1) is 14.1. The molecule has 1 aromatic heterocycles. The molecule has 0 aliphatic rings. The second kappa shape index (κ2) is 5.35. The number of benzene rings is 1. The zero-order chi connectivity index (χ0) is 14.8. The van der Waals surface area contributed by atoms with Gasteiger partial charge in [0.2, 0.25) is 0 Å². The van der Waals surface area contributed by atoms with Gasteiger partial charge in [-0.25, -0.2) is 18.4 Å². The molecule has 0 aliphatic carbocycles. The van der Waals surface area contributed by atoms with Crippen LogP contribution in [0.3, 0.4) is 0 Å². The first-order valence-corrected chi connectivity index (χ1v) is 5.87. The molecule has 0 aliphatic heterocycles. The number of nitrogens with zero attached hydrogens (tertiary/aromatic N) is 4. The number of aliphatic hydroxyl groups is 1. The van der Waals surface area contributed by atoms with Crippen LogP contribution in [-0.4, -0.2) is 19.9 Å². The normalized spacial score (nSPS) is 15.3. The van der Waals surface area contributed by atoms with Crippen LogP contribution in [-0.2, 0) is 12.1 Å². The lowest BCUT2D eigenvalue weighted by Gasteiger charge is -2.31. The van der Waals surface area contributed by atoms with E-state index in [1.165, 1.54) is 24.3 Å². The molecular formula is C13H12F2N4O. The van der Waals surface area contributed by atoms with Gasteiger partial charge < -0.3 is 5.11 Å². The van der Waals surface area contributed by atoms with Crippen molar-refractivity contribution in [1.29, 1.82) is 5.26 Å². The van der Waals surface area contributed by atoms with Crippen LogP contribution < -0.4 is 0 Å². The van der Waals surface area contributed by atoms with Crippen molar-refractivity contribution in [3.05, 3.63) is 48.1 Å². The fourth-order valence-corrected chi connectivity index (χ4v) is 1.95. The predicted octanol–water partition coefficient (Wildman–Crippen LogP) is 1.60. The number of halogens is 2. The molecule has 104 valence electrons. The summed E-state index contributed by atoms with van der Waals surface area (Å²) in [5, 5.41) is 23.6. The Balaban J connectivity index is 2.52. The summed E-state index contributed by atoms with van der Waals surface area (Å²) in [6.07, 6.45) is 2.58. The summed E-state index contributed by atoms with van der Waals surface area (Å²) in [5.74, 6) is -2.44. The Kier molecular flexibility index (Phi) is 3.77. The van der Waals surface area contributed by atoms with Crippen LogP contribution in [0.25, 0.3) is 0 Å². The second-order valence-corrected chi connectivity index (χ2v) is 4.49. The average molecular weight is 278 g/mol. The van der Waals surface area contributed by atoms with E-state index in [-0.39, 0.29) is 12.1 Å². The summed E-state index contributed by atoms with van der Waals surface area (Å²) in [6, 6.07) is 4.62. The molecule has 20 heavy (non-hydrogen) atoms. The van der Waals surface area contributed by atoms with Crippen molar-refractivity contribution >= 4 is 0 Å². The Labute approximate surface area is 114 Å². The van der Waals surface area contributed by atoms with Gasteiger partial charge in [0, 0.05) is 5.56 Å². The third-order valence-electron chi connectivity index (χ3n) is 3.17. The average Bonchev–Trinajstić information content (AvgIpc) is 2.93. The van der Waals surface area contributed by atoms with E-state index in [0.717, 1.165) is 18.2 Å². The van der Waals surface area contributed by atoms with E-state index in [4.69, 9.17) is 5.26 Å². The maximum atomic E-state index is 13.9. The van der Waals surface area contributed by atoms with Crippen LogP contribution in [0.2, 0.25) is 0 Å². The SMILES string of the molecule is CC(C#N)[C@](O)(Cn1cncn1)c1cc(F)ccc1F. The highest BCUT2D eigenvalue weighted by atomic mass is 19.1. The molecule has 1 N–H and O–H groups in total. The van der Waals surface area contributed by atoms with Crippen molar-refractivity contribution in [3.63, 3.8) is 0 Å². The zero-order valence-corrected chi connectivity index (χ0v) is 10.7. The maximum Gasteiger partial charge on any atom is 0.137 e. The minimum atomic E-state index is -1.91. The van der Waals surface area contributed by atoms with Gasteiger partial charge in [0.15, 0.2) is 0 Å². The van der Waals surface area contributed by atoms with Gasteiger partial charge in [0.1, 0.15) is 29.9 Å². The van der Waals surface area contributed by atoms with E-state index in [2.05, 4.69) is 10.1 Å². The third kappa shape index (κ3) is 2.51. The highest BCUT2D eigenvalue weighted by molar-refractivity contribution is 5.27. The van der Waals surface area contributed by atoms with Crippen molar-refractivity contribution in [2.75, 3.05) is 0 Å². The number of hydrogen-bond acceptors (Lipinski definition) is 4. The molecule has 0 bridgehead atoms. The van der Waals surface area contributed by atoms with Gasteiger partial charge in [-0.3, -0.25) is 0 Å². The van der Waals surface area contributed by atoms with Crippen molar-refractivity contribution in [2.24, 2.45) is 5.92 Å². The number of aromatic nitrogens is 3. The molecule has 7 heteroatoms. The van der Waals surface area contributed by atoms with Crippen LogP contribution in [0.1, 0.15) is 12.5 Å². The maximum absolute atomic E-state index is 13.9. The highest BCUT2D eigenvalue weighted by Crippen LogP contribution is 2.33. The van der Waals surface area contributed by atoms with Crippen molar-refractivity contribution < 1.29 is 13.9 Å². The molecule has 0 radical (unpaired) electrons. The summed E-state index contributed by atoms with van der Waals surface area (Å²) in [4.78, 5) is 3.72. The van der Waals surface area contributed by atoms with E-state index in [1.807, 2.05) is 6.07 Å². The Morgan fingerprint density at radius 2 is 2.25 bits per heavy atom. The van der Waals surface area contributed by atoms with E-state index >= 15 is 0 Å². The summed E-state index contributed by atoms with van der Waals surface area (Å²) < 4.78 is 28.5. The molecular weight excluding hydrogens is 266 g/mol. The molecule has 0 fully saturated rings. The van der Waals surface area contributed by atoms with Crippen LogP contribution in [0.5, 0.6) is 0 Å². The number of nitriles is 1. The van der Waals surface area contributed by atoms with E-state index < -0.39 is 23.2 Å². The van der Waals surface area contributed by atoms with Gasteiger partial charge in [-0.05, 0) is 25.1 Å². The lowest BCUT2D eigenvalue weighted by atomic mass is 9.82. The van der Waals surface area contributed by atoms with Gasteiger partial charge in [-0.2, -0.15) is 10.4 Å². The van der Waals surface area contributed by atoms with Gasteiger partial charge in [-0.1, -0.05) is 0 Å². The van der Waals surface area contributed by atoms with Crippen molar-refractivity contribution in [3.8, 4) is 6.07 Å². The molecule has 5 nitrogen and oxygen atoms in total. The largest absolute Gasteiger partial charge is 0.382 e. The first-order valence-electron chi connectivity index (χ1n) is 5.87. The van der Waals surface area contributed by atoms with Gasteiger partial charge in [0.05, 0.1) is 18.5 Å². The molecule has 0 saturated carbocycles. The summed E-state index contributed by atoms with van der Waals surface area (Å²) in [5.41, 5.74) is -2.18. The summed E-state index contributed by atoms with van der Waals surface area (Å²) >= 11 is 0. The Hall–Kier alpha value is -2.33.